The van der Waals surface area contributed by atoms with Crippen LogP contribution in [-0.2, 0) is 37.9 Å². The van der Waals surface area contributed by atoms with E-state index in [0.717, 1.165) is 6.42 Å². The van der Waals surface area contributed by atoms with Gasteiger partial charge in [-0.25, -0.2) is 0 Å². The highest BCUT2D eigenvalue weighted by Crippen LogP contribution is 2.13. The maximum Gasteiger partial charge on any atom is 0.0809 e. The van der Waals surface area contributed by atoms with E-state index in [1.165, 1.54) is 64.2 Å². The molecule has 1 fully saturated rings. The minimum atomic E-state index is 0.102. The lowest BCUT2D eigenvalue weighted by atomic mass is 10.0. The van der Waals surface area contributed by atoms with Crippen LogP contribution in [-0.4, -0.2) is 105 Å². The van der Waals surface area contributed by atoms with Crippen LogP contribution in [0, 0.1) is 0 Å². The lowest BCUT2D eigenvalue weighted by molar-refractivity contribution is -0.0605. The molecule has 1 rings (SSSR count). The van der Waals surface area contributed by atoms with Crippen LogP contribution < -0.4 is 0 Å². The Hall–Kier alpha value is -0.320. The average molecular weight is 521 g/mol. The van der Waals surface area contributed by atoms with Crippen molar-refractivity contribution in [2.45, 2.75) is 83.7 Å². The summed E-state index contributed by atoms with van der Waals surface area (Å²) in [5.74, 6) is 0. The predicted octanol–water partition coefficient (Wildman–Crippen LogP) is 4.81. The smallest absolute Gasteiger partial charge is 0.0809 e. The molecule has 0 aromatic heterocycles. The molecule has 0 amide bonds. The van der Waals surface area contributed by atoms with Crippen molar-refractivity contribution in [3.63, 3.8) is 0 Å². The Balaban J connectivity index is 2.18. The summed E-state index contributed by atoms with van der Waals surface area (Å²) in [4.78, 5) is 0. The molecule has 1 unspecified atom stereocenters. The third-order valence-corrected chi connectivity index (χ3v) is 6.00. The number of hydrogen-bond acceptors (Lipinski definition) is 8. The van der Waals surface area contributed by atoms with Gasteiger partial charge in [-0.1, -0.05) is 71.1 Å². The summed E-state index contributed by atoms with van der Waals surface area (Å²) in [7, 11) is 0. The van der Waals surface area contributed by atoms with Gasteiger partial charge < -0.3 is 37.9 Å². The van der Waals surface area contributed by atoms with E-state index in [-0.39, 0.29) is 6.10 Å². The largest absolute Gasteiger partial charge is 0.377 e. The maximum absolute atomic E-state index is 6.08. The molecule has 1 aliphatic heterocycles. The minimum Gasteiger partial charge on any atom is -0.377 e. The third kappa shape index (κ3) is 25.3. The summed E-state index contributed by atoms with van der Waals surface area (Å²) < 4.78 is 45.1. The molecule has 0 spiro atoms. The van der Waals surface area contributed by atoms with E-state index in [2.05, 4.69) is 6.92 Å². The van der Waals surface area contributed by atoms with Gasteiger partial charge in [0.1, 0.15) is 0 Å². The zero-order valence-electron chi connectivity index (χ0n) is 23.2. The highest BCUT2D eigenvalue weighted by Gasteiger charge is 2.10. The highest BCUT2D eigenvalue weighted by molar-refractivity contribution is 4.59. The second-order valence-corrected chi connectivity index (χ2v) is 9.21. The molecule has 0 aromatic carbocycles. The van der Waals surface area contributed by atoms with Crippen molar-refractivity contribution in [2.24, 2.45) is 0 Å². The molecule has 0 radical (unpaired) electrons. The van der Waals surface area contributed by atoms with Crippen LogP contribution in [0.2, 0.25) is 0 Å². The van der Waals surface area contributed by atoms with Crippen LogP contribution in [0.4, 0.5) is 0 Å². The van der Waals surface area contributed by atoms with Crippen molar-refractivity contribution < 1.29 is 37.9 Å². The van der Waals surface area contributed by atoms with Crippen LogP contribution in [0.25, 0.3) is 0 Å². The standard InChI is InChI=1S/C28H56O8/c1-2-3-4-5-6-7-8-9-10-11-12-28-27-35-24-23-33-20-19-31-16-15-29-13-14-30-17-18-32-21-22-34-25-26-36-28/h28H,2-27H2,1H3. The second kappa shape index (κ2) is 29.2. The molecular weight excluding hydrogens is 464 g/mol. The van der Waals surface area contributed by atoms with Gasteiger partial charge in [-0.15, -0.1) is 0 Å². The quantitative estimate of drug-likeness (QED) is 0.359. The van der Waals surface area contributed by atoms with Gasteiger partial charge in [0.25, 0.3) is 0 Å². The van der Waals surface area contributed by atoms with Gasteiger partial charge in [0.05, 0.1) is 105 Å². The first-order chi connectivity index (χ1) is 17.9. The summed E-state index contributed by atoms with van der Waals surface area (Å²) in [6.45, 7) is 10.7. The van der Waals surface area contributed by atoms with Crippen molar-refractivity contribution in [3.8, 4) is 0 Å². The van der Waals surface area contributed by atoms with Crippen LogP contribution >= 0.6 is 0 Å². The van der Waals surface area contributed by atoms with Crippen LogP contribution in [0.5, 0.6) is 0 Å². The van der Waals surface area contributed by atoms with Crippen LogP contribution in [0.1, 0.15) is 77.6 Å². The van der Waals surface area contributed by atoms with Crippen molar-refractivity contribution >= 4 is 0 Å². The van der Waals surface area contributed by atoms with Crippen LogP contribution in [0.15, 0.2) is 0 Å². The lowest BCUT2D eigenvalue weighted by Crippen LogP contribution is -2.24. The molecule has 1 atom stereocenters. The Kier molecular flexibility index (Phi) is 27.4. The number of ether oxygens (including phenoxy) is 8. The number of hydrogen-bond donors (Lipinski definition) is 0. The zero-order valence-corrected chi connectivity index (χ0v) is 23.2. The van der Waals surface area contributed by atoms with E-state index in [9.17, 15) is 0 Å². The summed E-state index contributed by atoms with van der Waals surface area (Å²) in [6, 6.07) is 0. The number of rotatable bonds is 11. The molecule has 1 heterocycles. The zero-order chi connectivity index (χ0) is 25.6. The van der Waals surface area contributed by atoms with Crippen molar-refractivity contribution in [3.05, 3.63) is 0 Å². The third-order valence-electron chi connectivity index (χ3n) is 6.00. The lowest BCUT2D eigenvalue weighted by Gasteiger charge is -2.18. The predicted molar refractivity (Wildman–Crippen MR) is 142 cm³/mol. The van der Waals surface area contributed by atoms with Crippen LogP contribution in [0.3, 0.4) is 0 Å². The van der Waals surface area contributed by atoms with E-state index in [1.54, 1.807) is 0 Å². The molecule has 0 saturated carbocycles. The van der Waals surface area contributed by atoms with Crippen molar-refractivity contribution in [1.82, 2.24) is 0 Å². The first kappa shape index (κ1) is 33.7. The fourth-order valence-electron chi connectivity index (χ4n) is 3.88. The van der Waals surface area contributed by atoms with Gasteiger partial charge in [-0.2, -0.15) is 0 Å². The van der Waals surface area contributed by atoms with Gasteiger partial charge in [0.2, 0.25) is 0 Å². The van der Waals surface area contributed by atoms with E-state index >= 15 is 0 Å². The minimum absolute atomic E-state index is 0.102. The molecule has 8 nitrogen and oxygen atoms in total. The Labute approximate surface area is 220 Å². The molecule has 36 heavy (non-hydrogen) atoms. The Bertz CT molecular complexity index is 386. The summed E-state index contributed by atoms with van der Waals surface area (Å²) in [5, 5.41) is 0. The number of unbranched alkanes of at least 4 members (excludes halogenated alkanes) is 9. The monoisotopic (exact) mass is 520 g/mol. The van der Waals surface area contributed by atoms with Gasteiger partial charge in [0, 0.05) is 0 Å². The first-order valence-electron chi connectivity index (χ1n) is 14.6. The van der Waals surface area contributed by atoms with E-state index in [0.29, 0.717) is 99.1 Å². The Morgan fingerprint density at radius 3 is 1.14 bits per heavy atom. The fraction of sp³-hybridized carbons (Fsp3) is 1.00. The Morgan fingerprint density at radius 2 is 0.722 bits per heavy atom. The molecule has 216 valence electrons. The summed E-state index contributed by atoms with van der Waals surface area (Å²) in [6.07, 6.45) is 14.5. The van der Waals surface area contributed by atoms with Gasteiger partial charge in [-0.05, 0) is 6.42 Å². The first-order valence-corrected chi connectivity index (χ1v) is 14.6. The molecule has 8 heteroatoms. The normalized spacial score (nSPS) is 22.1. The van der Waals surface area contributed by atoms with Crippen molar-refractivity contribution in [2.75, 3.05) is 99.1 Å². The van der Waals surface area contributed by atoms with E-state index < -0.39 is 0 Å². The fourth-order valence-corrected chi connectivity index (χ4v) is 3.88. The highest BCUT2D eigenvalue weighted by atomic mass is 16.6. The molecule has 0 aromatic rings. The van der Waals surface area contributed by atoms with E-state index in [4.69, 9.17) is 37.9 Å². The van der Waals surface area contributed by atoms with Gasteiger partial charge >= 0.3 is 0 Å². The molecule has 0 aliphatic carbocycles. The summed E-state index contributed by atoms with van der Waals surface area (Å²) in [5.41, 5.74) is 0. The molecule has 1 saturated heterocycles. The maximum atomic E-state index is 6.08. The molecular formula is C28H56O8. The topological polar surface area (TPSA) is 73.8 Å². The summed E-state index contributed by atoms with van der Waals surface area (Å²) >= 11 is 0. The molecule has 1 aliphatic rings. The molecule has 0 bridgehead atoms. The average Bonchev–Trinajstić information content (AvgIpc) is 2.89. The molecule has 0 N–H and O–H groups in total. The second-order valence-electron chi connectivity index (χ2n) is 9.21. The van der Waals surface area contributed by atoms with E-state index in [1.807, 2.05) is 0 Å². The Morgan fingerprint density at radius 1 is 0.389 bits per heavy atom. The van der Waals surface area contributed by atoms with Crippen molar-refractivity contribution in [1.29, 1.82) is 0 Å². The van der Waals surface area contributed by atoms with Gasteiger partial charge in [0.15, 0.2) is 0 Å². The SMILES string of the molecule is CCCCCCCCCCCCC1COCCOCCOCCOCCOCCOCCOCCO1. The van der Waals surface area contributed by atoms with Gasteiger partial charge in [-0.3, -0.25) is 0 Å².